The van der Waals surface area contributed by atoms with Gasteiger partial charge in [-0.05, 0) is 42.5 Å². The van der Waals surface area contributed by atoms with E-state index in [9.17, 15) is 4.79 Å². The van der Waals surface area contributed by atoms with Gasteiger partial charge in [-0.2, -0.15) is 0 Å². The zero-order valence-corrected chi connectivity index (χ0v) is 16.5. The van der Waals surface area contributed by atoms with Crippen molar-refractivity contribution in [2.45, 2.75) is 0 Å². The third-order valence-electron chi connectivity index (χ3n) is 3.92. The van der Waals surface area contributed by atoms with Gasteiger partial charge in [0, 0.05) is 44.6 Å². The highest BCUT2D eigenvalue weighted by Crippen LogP contribution is 2.29. The van der Waals surface area contributed by atoms with Crippen molar-refractivity contribution in [3.8, 4) is 21.8 Å². The molecule has 0 aliphatic heterocycles. The van der Waals surface area contributed by atoms with E-state index in [0.29, 0.717) is 5.56 Å². The monoisotopic (exact) mass is 435 g/mol. The van der Waals surface area contributed by atoms with Gasteiger partial charge < -0.3 is 5.32 Å². The van der Waals surface area contributed by atoms with Gasteiger partial charge in [-0.15, -0.1) is 11.3 Å². The summed E-state index contributed by atoms with van der Waals surface area (Å²) in [6.07, 6.45) is 3.55. The van der Waals surface area contributed by atoms with Crippen molar-refractivity contribution in [2.24, 2.45) is 0 Å². The molecule has 0 fully saturated rings. The lowest BCUT2D eigenvalue weighted by Crippen LogP contribution is -2.11. The molecule has 0 bridgehead atoms. The van der Waals surface area contributed by atoms with Crippen LogP contribution in [0, 0.1) is 0 Å². The van der Waals surface area contributed by atoms with Gasteiger partial charge in [0.1, 0.15) is 5.01 Å². The minimum absolute atomic E-state index is 0.150. The molecule has 2 heterocycles. The lowest BCUT2D eigenvalue weighted by molar-refractivity contribution is 0.102. The van der Waals surface area contributed by atoms with E-state index in [0.717, 1.165) is 32.0 Å². The molecule has 2 aromatic carbocycles. The van der Waals surface area contributed by atoms with Crippen molar-refractivity contribution in [1.29, 1.82) is 0 Å². The molecule has 0 aliphatic rings. The van der Waals surface area contributed by atoms with Crippen LogP contribution in [0.25, 0.3) is 21.8 Å². The first-order valence-electron chi connectivity index (χ1n) is 8.22. The molecule has 1 amide bonds. The lowest BCUT2D eigenvalue weighted by Gasteiger charge is -2.07. The summed E-state index contributed by atoms with van der Waals surface area (Å²) in [6.45, 7) is 0. The molecule has 4 rings (SSSR count). The van der Waals surface area contributed by atoms with E-state index in [4.69, 9.17) is 4.98 Å². The highest BCUT2D eigenvalue weighted by molar-refractivity contribution is 9.10. The Morgan fingerprint density at radius 3 is 2.67 bits per heavy atom. The maximum Gasteiger partial charge on any atom is 0.255 e. The van der Waals surface area contributed by atoms with E-state index in [-0.39, 0.29) is 5.91 Å². The number of rotatable bonds is 4. The predicted octanol–water partition coefficient (Wildman–Crippen LogP) is 5.89. The van der Waals surface area contributed by atoms with Gasteiger partial charge in [0.2, 0.25) is 0 Å². The van der Waals surface area contributed by atoms with Crippen LogP contribution >= 0.6 is 27.3 Å². The van der Waals surface area contributed by atoms with Crippen LogP contribution in [0.15, 0.2) is 82.9 Å². The Balaban J connectivity index is 1.56. The minimum Gasteiger partial charge on any atom is -0.322 e. The molecule has 0 radical (unpaired) electrons. The van der Waals surface area contributed by atoms with E-state index < -0.39 is 0 Å². The summed E-state index contributed by atoms with van der Waals surface area (Å²) in [4.78, 5) is 21.3. The van der Waals surface area contributed by atoms with Crippen molar-refractivity contribution >= 4 is 38.9 Å². The summed E-state index contributed by atoms with van der Waals surface area (Å²) in [5, 5.41) is 5.87. The molecular weight excluding hydrogens is 422 g/mol. The van der Waals surface area contributed by atoms with Crippen molar-refractivity contribution in [1.82, 2.24) is 9.97 Å². The van der Waals surface area contributed by atoms with Gasteiger partial charge in [-0.1, -0.05) is 34.1 Å². The third-order valence-corrected chi connectivity index (χ3v) is 5.30. The molecule has 4 aromatic rings. The smallest absolute Gasteiger partial charge is 0.255 e. The highest BCUT2D eigenvalue weighted by Gasteiger charge is 2.10. The topological polar surface area (TPSA) is 54.9 Å². The second-order valence-corrected chi connectivity index (χ2v) is 7.60. The van der Waals surface area contributed by atoms with E-state index in [1.54, 1.807) is 35.9 Å². The normalized spacial score (nSPS) is 10.6. The highest BCUT2D eigenvalue weighted by atomic mass is 79.9. The van der Waals surface area contributed by atoms with Gasteiger partial charge >= 0.3 is 0 Å². The average molecular weight is 436 g/mol. The predicted molar refractivity (Wildman–Crippen MR) is 113 cm³/mol. The number of thiazole rings is 1. The van der Waals surface area contributed by atoms with Gasteiger partial charge in [0.25, 0.3) is 5.91 Å². The molecule has 0 aliphatic carbocycles. The molecule has 0 unspecified atom stereocenters. The molecule has 0 atom stereocenters. The zero-order valence-electron chi connectivity index (χ0n) is 14.1. The van der Waals surface area contributed by atoms with Crippen LogP contribution in [0.2, 0.25) is 0 Å². The summed E-state index contributed by atoms with van der Waals surface area (Å²) in [7, 11) is 0. The number of anilines is 1. The Morgan fingerprint density at radius 2 is 1.85 bits per heavy atom. The molecule has 27 heavy (non-hydrogen) atoms. The van der Waals surface area contributed by atoms with E-state index >= 15 is 0 Å². The van der Waals surface area contributed by atoms with E-state index in [2.05, 4.69) is 26.2 Å². The molecule has 0 spiro atoms. The maximum absolute atomic E-state index is 12.5. The van der Waals surface area contributed by atoms with Crippen molar-refractivity contribution < 1.29 is 4.79 Å². The van der Waals surface area contributed by atoms with Crippen LogP contribution < -0.4 is 5.32 Å². The van der Waals surface area contributed by atoms with E-state index in [1.165, 1.54) is 0 Å². The molecule has 6 heteroatoms. The Bertz CT molecular complexity index is 1100. The van der Waals surface area contributed by atoms with Crippen LogP contribution in [0.4, 0.5) is 5.69 Å². The number of nitrogens with zero attached hydrogens (tertiary/aromatic N) is 2. The number of hydrogen-bond donors (Lipinski definition) is 1. The Morgan fingerprint density at radius 1 is 1.00 bits per heavy atom. The fraction of sp³-hybridized carbons (Fsp3) is 0. The molecule has 0 saturated heterocycles. The van der Waals surface area contributed by atoms with Crippen LogP contribution in [0.3, 0.4) is 0 Å². The Labute approximate surface area is 169 Å². The van der Waals surface area contributed by atoms with Crippen molar-refractivity contribution in [3.05, 3.63) is 88.5 Å². The second-order valence-electron chi connectivity index (χ2n) is 5.82. The summed E-state index contributed by atoms with van der Waals surface area (Å²) >= 11 is 4.96. The summed E-state index contributed by atoms with van der Waals surface area (Å²) < 4.78 is 0.870. The number of nitrogens with one attached hydrogen (secondary N) is 1. The zero-order chi connectivity index (χ0) is 18.6. The quantitative estimate of drug-likeness (QED) is 0.434. The van der Waals surface area contributed by atoms with Crippen LogP contribution in [-0.4, -0.2) is 15.9 Å². The van der Waals surface area contributed by atoms with Gasteiger partial charge in [-0.25, -0.2) is 4.98 Å². The average Bonchev–Trinajstić information content (AvgIpc) is 3.19. The Kier molecular flexibility index (Phi) is 5.09. The molecule has 132 valence electrons. The number of halogens is 1. The summed E-state index contributed by atoms with van der Waals surface area (Å²) in [5.41, 5.74) is 4.15. The second kappa shape index (κ2) is 7.82. The van der Waals surface area contributed by atoms with Gasteiger partial charge in [0.15, 0.2) is 0 Å². The van der Waals surface area contributed by atoms with Crippen LogP contribution in [-0.2, 0) is 0 Å². The number of carbonyl (C=O) groups excluding carboxylic acids is 1. The first-order chi connectivity index (χ1) is 13.2. The SMILES string of the molecule is O=C(Nc1cccc(-c2csc(-c3cccnc3)n2)c1)c1cccc(Br)c1. The summed E-state index contributed by atoms with van der Waals surface area (Å²) in [6, 6.07) is 18.9. The minimum atomic E-state index is -0.150. The first-order valence-corrected chi connectivity index (χ1v) is 9.89. The maximum atomic E-state index is 12.5. The number of hydrogen-bond acceptors (Lipinski definition) is 4. The van der Waals surface area contributed by atoms with Crippen molar-refractivity contribution in [3.63, 3.8) is 0 Å². The van der Waals surface area contributed by atoms with Gasteiger partial charge in [0.05, 0.1) is 5.69 Å². The van der Waals surface area contributed by atoms with Crippen LogP contribution in [0.1, 0.15) is 10.4 Å². The number of amides is 1. The Hall–Kier alpha value is -2.83. The number of benzene rings is 2. The largest absolute Gasteiger partial charge is 0.322 e. The lowest BCUT2D eigenvalue weighted by atomic mass is 10.1. The molecular formula is C21H14BrN3OS. The van der Waals surface area contributed by atoms with Crippen LogP contribution in [0.5, 0.6) is 0 Å². The van der Waals surface area contributed by atoms with Crippen molar-refractivity contribution in [2.75, 3.05) is 5.32 Å². The molecule has 0 saturated carbocycles. The number of carbonyl (C=O) groups is 1. The third kappa shape index (κ3) is 4.13. The standard InChI is InChI=1S/C21H14BrN3OS/c22-17-7-1-5-15(10-17)20(26)24-18-8-2-4-14(11-18)19-13-27-21(25-19)16-6-3-9-23-12-16/h1-13H,(H,24,26). The number of aromatic nitrogens is 2. The van der Waals surface area contributed by atoms with Gasteiger partial charge in [-0.3, -0.25) is 9.78 Å². The summed E-state index contributed by atoms with van der Waals surface area (Å²) in [5.74, 6) is -0.150. The number of pyridine rings is 1. The molecule has 2 aromatic heterocycles. The first kappa shape index (κ1) is 17.6. The molecule has 1 N–H and O–H groups in total. The fourth-order valence-electron chi connectivity index (χ4n) is 2.62. The van der Waals surface area contributed by atoms with E-state index in [1.807, 2.05) is 53.9 Å². The molecule has 4 nitrogen and oxygen atoms in total. The fourth-order valence-corrected chi connectivity index (χ4v) is 3.84.